The van der Waals surface area contributed by atoms with Crippen LogP contribution in [-0.2, 0) is 4.79 Å². The molecule has 0 bridgehead atoms. The minimum absolute atomic E-state index is 0.259. The van der Waals surface area contributed by atoms with E-state index in [-0.39, 0.29) is 6.79 Å². The van der Waals surface area contributed by atoms with Crippen LogP contribution in [0.2, 0.25) is 0 Å². The molecule has 0 N–H and O–H groups in total. The van der Waals surface area contributed by atoms with Crippen LogP contribution in [0.4, 0.5) is 0 Å². The van der Waals surface area contributed by atoms with Gasteiger partial charge in [-0.3, -0.25) is 0 Å². The van der Waals surface area contributed by atoms with Crippen molar-refractivity contribution >= 4 is 12.2 Å². The maximum absolute atomic E-state index is 9.79. The highest BCUT2D eigenvalue weighted by Crippen LogP contribution is 2.32. The Morgan fingerprint density at radius 1 is 1.36 bits per heavy atom. The minimum Gasteiger partial charge on any atom is -0.454 e. The molecule has 0 unspecified atom stereocenters. The zero-order chi connectivity index (χ0) is 9.80. The van der Waals surface area contributed by atoms with Gasteiger partial charge in [0.05, 0.1) is 0 Å². The normalized spacial score (nSPS) is 12.9. The van der Waals surface area contributed by atoms with Crippen molar-refractivity contribution in [3.8, 4) is 11.5 Å². The molecular weight excluding hydrogens is 182 g/mol. The number of nitrogens with zero attached hydrogens (tertiary/aromatic N) is 1. The molecule has 2 rings (SSSR count). The molecule has 1 aromatic carbocycles. The van der Waals surface area contributed by atoms with Gasteiger partial charge >= 0.3 is 0 Å². The highest BCUT2D eigenvalue weighted by Gasteiger charge is 2.11. The molecule has 4 heteroatoms. The second-order valence-electron chi connectivity index (χ2n) is 2.65. The molecule has 1 aromatic rings. The van der Waals surface area contributed by atoms with Gasteiger partial charge in [-0.2, -0.15) is 4.99 Å². The van der Waals surface area contributed by atoms with Crippen LogP contribution in [0.5, 0.6) is 11.5 Å². The lowest BCUT2D eigenvalue weighted by Crippen LogP contribution is -1.92. The second kappa shape index (κ2) is 3.77. The van der Waals surface area contributed by atoms with Crippen LogP contribution in [0.3, 0.4) is 0 Å². The summed E-state index contributed by atoms with van der Waals surface area (Å²) in [5.41, 5.74) is 0.897. The summed E-state index contributed by atoms with van der Waals surface area (Å²) in [4.78, 5) is 13.1. The van der Waals surface area contributed by atoms with E-state index in [2.05, 4.69) is 4.99 Å². The van der Waals surface area contributed by atoms with Gasteiger partial charge in [-0.1, -0.05) is 6.07 Å². The van der Waals surface area contributed by atoms with Crippen molar-refractivity contribution in [2.75, 3.05) is 6.79 Å². The molecule has 1 aliphatic rings. The van der Waals surface area contributed by atoms with Crippen molar-refractivity contribution in [2.45, 2.75) is 0 Å². The van der Waals surface area contributed by atoms with E-state index in [9.17, 15) is 4.79 Å². The molecule has 0 saturated carbocycles. The third-order valence-electron chi connectivity index (χ3n) is 1.79. The fourth-order valence-corrected chi connectivity index (χ4v) is 1.17. The molecule has 1 aliphatic heterocycles. The van der Waals surface area contributed by atoms with Crippen LogP contribution in [0.15, 0.2) is 29.4 Å². The summed E-state index contributed by atoms with van der Waals surface area (Å²) in [6.45, 7) is 0.259. The molecule has 0 fully saturated rings. The summed E-state index contributed by atoms with van der Waals surface area (Å²) in [5, 5.41) is 0. The third kappa shape index (κ3) is 1.65. The van der Waals surface area contributed by atoms with Gasteiger partial charge in [0.25, 0.3) is 0 Å². The Kier molecular flexibility index (Phi) is 2.30. The van der Waals surface area contributed by atoms with Crippen molar-refractivity contribution in [3.05, 3.63) is 30.0 Å². The highest BCUT2D eigenvalue weighted by molar-refractivity contribution is 5.57. The number of hydrogen-bond acceptors (Lipinski definition) is 4. The number of aliphatic imine (C=N–C) groups is 1. The SMILES string of the molecule is O=C=NC=Cc1ccc2c(c1)OCO2. The van der Waals surface area contributed by atoms with Crippen molar-refractivity contribution in [1.29, 1.82) is 0 Å². The van der Waals surface area contributed by atoms with Gasteiger partial charge in [-0.05, 0) is 23.8 Å². The fourth-order valence-electron chi connectivity index (χ4n) is 1.17. The summed E-state index contributed by atoms with van der Waals surface area (Å²) in [7, 11) is 0. The Labute approximate surface area is 80.5 Å². The first-order valence-corrected chi connectivity index (χ1v) is 4.03. The van der Waals surface area contributed by atoms with E-state index in [0.29, 0.717) is 5.75 Å². The zero-order valence-corrected chi connectivity index (χ0v) is 7.27. The monoisotopic (exact) mass is 189 g/mol. The summed E-state index contributed by atoms with van der Waals surface area (Å²) in [6, 6.07) is 5.48. The number of hydrogen-bond donors (Lipinski definition) is 0. The van der Waals surface area contributed by atoms with Crippen LogP contribution in [0, 0.1) is 0 Å². The third-order valence-corrected chi connectivity index (χ3v) is 1.79. The van der Waals surface area contributed by atoms with Gasteiger partial charge in [-0.15, -0.1) is 0 Å². The molecule has 0 atom stereocenters. The summed E-state index contributed by atoms with van der Waals surface area (Å²) in [6.07, 6.45) is 4.49. The van der Waals surface area contributed by atoms with Gasteiger partial charge in [0.2, 0.25) is 12.9 Å². The molecule has 0 aliphatic carbocycles. The predicted octanol–water partition coefficient (Wildman–Crippen LogP) is 1.72. The number of benzene rings is 1. The van der Waals surface area contributed by atoms with Crippen LogP contribution >= 0.6 is 0 Å². The Morgan fingerprint density at radius 3 is 3.07 bits per heavy atom. The van der Waals surface area contributed by atoms with E-state index < -0.39 is 0 Å². The average molecular weight is 189 g/mol. The first-order chi connectivity index (χ1) is 6.90. The van der Waals surface area contributed by atoms with Gasteiger partial charge in [0.15, 0.2) is 11.5 Å². The Balaban J connectivity index is 2.24. The molecule has 0 saturated heterocycles. The number of rotatable bonds is 2. The van der Waals surface area contributed by atoms with E-state index in [4.69, 9.17) is 9.47 Å². The minimum atomic E-state index is 0.259. The number of ether oxygens (including phenoxy) is 2. The maximum atomic E-state index is 9.79. The number of isocyanates is 1. The molecule has 0 amide bonds. The average Bonchev–Trinajstić information content (AvgIpc) is 2.65. The van der Waals surface area contributed by atoms with Crippen molar-refractivity contribution in [3.63, 3.8) is 0 Å². The lowest BCUT2D eigenvalue weighted by Gasteiger charge is -1.96. The van der Waals surface area contributed by atoms with Crippen LogP contribution in [-0.4, -0.2) is 12.9 Å². The number of carbonyl (C=O) groups excluding carboxylic acids is 1. The van der Waals surface area contributed by atoms with Gasteiger partial charge in [0.1, 0.15) is 0 Å². The quantitative estimate of drug-likeness (QED) is 0.525. The van der Waals surface area contributed by atoms with Crippen LogP contribution in [0.1, 0.15) is 5.56 Å². The van der Waals surface area contributed by atoms with Gasteiger partial charge in [0, 0.05) is 6.20 Å². The fraction of sp³-hybridized carbons (Fsp3) is 0.100. The maximum Gasteiger partial charge on any atom is 0.239 e. The topological polar surface area (TPSA) is 47.9 Å². The number of fused-ring (bicyclic) bond motifs is 1. The molecule has 70 valence electrons. The highest BCUT2D eigenvalue weighted by atomic mass is 16.7. The zero-order valence-electron chi connectivity index (χ0n) is 7.27. The standard InChI is InChI=1S/C10H7NO3/c12-6-11-4-3-8-1-2-9-10(5-8)14-7-13-9/h1-5H,7H2. The first-order valence-electron chi connectivity index (χ1n) is 4.03. The molecule has 1 heterocycles. The van der Waals surface area contributed by atoms with Crippen molar-refractivity contribution < 1.29 is 14.3 Å². The smallest absolute Gasteiger partial charge is 0.239 e. The molecular formula is C10H7NO3. The Hall–Kier alpha value is -2.06. The van der Waals surface area contributed by atoms with Crippen molar-refractivity contribution in [2.24, 2.45) is 4.99 Å². The van der Waals surface area contributed by atoms with E-state index in [1.165, 1.54) is 12.3 Å². The van der Waals surface area contributed by atoms with E-state index >= 15 is 0 Å². The Bertz CT molecular complexity index is 419. The second-order valence-corrected chi connectivity index (χ2v) is 2.65. The van der Waals surface area contributed by atoms with Gasteiger partial charge in [-0.25, -0.2) is 4.79 Å². The van der Waals surface area contributed by atoms with E-state index in [0.717, 1.165) is 11.3 Å². The first kappa shape index (κ1) is 8.53. The van der Waals surface area contributed by atoms with E-state index in [1.807, 2.05) is 18.2 Å². The summed E-state index contributed by atoms with van der Waals surface area (Å²) < 4.78 is 10.3. The summed E-state index contributed by atoms with van der Waals surface area (Å²) >= 11 is 0. The predicted molar refractivity (Wildman–Crippen MR) is 49.7 cm³/mol. The Morgan fingerprint density at radius 2 is 2.21 bits per heavy atom. The molecule has 0 aromatic heterocycles. The molecule has 0 radical (unpaired) electrons. The molecule has 0 spiro atoms. The van der Waals surface area contributed by atoms with Gasteiger partial charge < -0.3 is 9.47 Å². The lowest BCUT2D eigenvalue weighted by atomic mass is 10.2. The van der Waals surface area contributed by atoms with E-state index in [1.54, 1.807) is 6.08 Å². The van der Waals surface area contributed by atoms with Crippen LogP contribution in [0.25, 0.3) is 6.08 Å². The largest absolute Gasteiger partial charge is 0.454 e. The summed E-state index contributed by atoms with van der Waals surface area (Å²) in [5.74, 6) is 1.45. The molecule has 4 nitrogen and oxygen atoms in total. The lowest BCUT2D eigenvalue weighted by molar-refractivity contribution is 0.174. The molecule has 14 heavy (non-hydrogen) atoms. The van der Waals surface area contributed by atoms with Crippen molar-refractivity contribution in [1.82, 2.24) is 0 Å². The van der Waals surface area contributed by atoms with Crippen LogP contribution < -0.4 is 9.47 Å².